The number of hydrogen-bond donors (Lipinski definition) is 0. The van der Waals surface area contributed by atoms with Crippen LogP contribution in [0.1, 0.15) is 5.56 Å². The highest BCUT2D eigenvalue weighted by Gasteiger charge is 2.32. The molecule has 5 nitrogen and oxygen atoms in total. The first kappa shape index (κ1) is 15.0. The largest absolute Gasteiger partial charge is 0.243 e. The molecule has 0 unspecified atom stereocenters. The van der Waals surface area contributed by atoms with Crippen LogP contribution in [0.25, 0.3) is 0 Å². The van der Waals surface area contributed by atoms with Crippen molar-refractivity contribution in [3.8, 4) is 0 Å². The SMILES string of the molecule is Cc1ccc(Br)cc1S(=O)(=O)N1CCS(=O)(=O)CC1. The highest BCUT2D eigenvalue weighted by molar-refractivity contribution is 9.10. The van der Waals surface area contributed by atoms with Crippen molar-refractivity contribution in [3.05, 3.63) is 28.2 Å². The number of nitrogens with zero attached hydrogens (tertiary/aromatic N) is 1. The van der Waals surface area contributed by atoms with Crippen molar-refractivity contribution in [3.63, 3.8) is 0 Å². The van der Waals surface area contributed by atoms with Crippen LogP contribution in [0.15, 0.2) is 27.6 Å². The highest BCUT2D eigenvalue weighted by atomic mass is 79.9. The summed E-state index contributed by atoms with van der Waals surface area (Å²) >= 11 is 3.25. The first-order chi connectivity index (χ1) is 8.72. The average molecular weight is 368 g/mol. The maximum atomic E-state index is 12.5. The molecule has 0 aliphatic carbocycles. The molecule has 8 heteroatoms. The van der Waals surface area contributed by atoms with Crippen molar-refractivity contribution >= 4 is 35.8 Å². The maximum absolute atomic E-state index is 12.5. The fourth-order valence-electron chi connectivity index (χ4n) is 1.93. The van der Waals surface area contributed by atoms with Gasteiger partial charge >= 0.3 is 0 Å². The van der Waals surface area contributed by atoms with E-state index in [0.29, 0.717) is 10.0 Å². The molecule has 0 aromatic heterocycles. The second-order valence-corrected chi connectivity index (χ2v) is 9.59. The van der Waals surface area contributed by atoms with Crippen LogP contribution in [0.5, 0.6) is 0 Å². The topological polar surface area (TPSA) is 71.5 Å². The van der Waals surface area contributed by atoms with E-state index in [1.807, 2.05) is 0 Å². The van der Waals surface area contributed by atoms with Gasteiger partial charge in [0.15, 0.2) is 9.84 Å². The standard InChI is InChI=1S/C11H14BrNO4S2/c1-9-2-3-10(12)8-11(9)19(16,17)13-4-6-18(14,15)7-5-13/h2-3,8H,4-7H2,1H3. The average Bonchev–Trinajstić information content (AvgIpc) is 2.31. The van der Waals surface area contributed by atoms with Crippen LogP contribution >= 0.6 is 15.9 Å². The second kappa shape index (κ2) is 5.16. The van der Waals surface area contributed by atoms with E-state index < -0.39 is 19.9 Å². The van der Waals surface area contributed by atoms with Crippen LogP contribution in [0.3, 0.4) is 0 Å². The van der Waals surface area contributed by atoms with Crippen LogP contribution in [0, 0.1) is 6.92 Å². The number of rotatable bonds is 2. The minimum absolute atomic E-state index is 0.0244. The number of halogens is 1. The molecule has 1 aromatic carbocycles. The Labute approximate surface area is 121 Å². The number of sulfonamides is 1. The molecule has 0 saturated carbocycles. The molecule has 2 rings (SSSR count). The lowest BCUT2D eigenvalue weighted by atomic mass is 10.2. The molecule has 0 bridgehead atoms. The Morgan fingerprint density at radius 2 is 1.79 bits per heavy atom. The fourth-order valence-corrected chi connectivity index (χ4v) is 5.56. The van der Waals surface area contributed by atoms with Crippen LogP contribution < -0.4 is 0 Å². The van der Waals surface area contributed by atoms with Gasteiger partial charge in [-0.05, 0) is 24.6 Å². The van der Waals surface area contributed by atoms with Crippen LogP contribution in [-0.4, -0.2) is 45.7 Å². The summed E-state index contributed by atoms with van der Waals surface area (Å²) in [4.78, 5) is 0.223. The molecular weight excluding hydrogens is 354 g/mol. The molecule has 1 fully saturated rings. The highest BCUT2D eigenvalue weighted by Crippen LogP contribution is 2.24. The lowest BCUT2D eigenvalue weighted by Crippen LogP contribution is -2.43. The van der Waals surface area contributed by atoms with Crippen LogP contribution in [-0.2, 0) is 19.9 Å². The van der Waals surface area contributed by atoms with Gasteiger partial charge in [0.25, 0.3) is 0 Å². The van der Waals surface area contributed by atoms with E-state index in [2.05, 4.69) is 15.9 Å². The summed E-state index contributed by atoms with van der Waals surface area (Å²) in [6, 6.07) is 5.04. The zero-order valence-corrected chi connectivity index (χ0v) is 13.6. The Morgan fingerprint density at radius 3 is 2.37 bits per heavy atom. The van der Waals surface area contributed by atoms with Gasteiger partial charge in [0.1, 0.15) is 0 Å². The van der Waals surface area contributed by atoms with Gasteiger partial charge in [0.05, 0.1) is 16.4 Å². The van der Waals surface area contributed by atoms with E-state index in [4.69, 9.17) is 0 Å². The van der Waals surface area contributed by atoms with Crippen molar-refractivity contribution in [2.45, 2.75) is 11.8 Å². The Kier molecular flexibility index (Phi) is 4.06. The molecule has 19 heavy (non-hydrogen) atoms. The molecule has 1 saturated heterocycles. The third-order valence-electron chi connectivity index (χ3n) is 3.07. The van der Waals surface area contributed by atoms with E-state index in [0.717, 1.165) is 0 Å². The molecule has 1 heterocycles. The predicted octanol–water partition coefficient (Wildman–Crippen LogP) is 1.18. The van der Waals surface area contributed by atoms with Gasteiger partial charge < -0.3 is 0 Å². The normalized spacial score (nSPS) is 20.3. The van der Waals surface area contributed by atoms with Crippen LogP contribution in [0.4, 0.5) is 0 Å². The molecule has 106 valence electrons. The van der Waals surface area contributed by atoms with E-state index in [1.54, 1.807) is 25.1 Å². The molecular formula is C11H14BrNO4S2. The molecule has 0 amide bonds. The Balaban J connectivity index is 2.36. The third-order valence-corrected chi connectivity index (χ3v) is 7.21. The Morgan fingerprint density at radius 1 is 1.21 bits per heavy atom. The Bertz CT molecular complexity index is 683. The first-order valence-corrected chi connectivity index (χ1v) is 9.74. The van der Waals surface area contributed by atoms with E-state index >= 15 is 0 Å². The summed E-state index contributed by atoms with van der Waals surface area (Å²) in [5, 5.41) is 0. The fraction of sp³-hybridized carbons (Fsp3) is 0.455. The van der Waals surface area contributed by atoms with Gasteiger partial charge in [-0.3, -0.25) is 0 Å². The van der Waals surface area contributed by atoms with Crippen LogP contribution in [0.2, 0.25) is 0 Å². The van der Waals surface area contributed by atoms with E-state index in [9.17, 15) is 16.8 Å². The summed E-state index contributed by atoms with van der Waals surface area (Å²) in [7, 11) is -6.72. The van der Waals surface area contributed by atoms with Crippen molar-refractivity contribution < 1.29 is 16.8 Å². The quantitative estimate of drug-likeness (QED) is 0.786. The van der Waals surface area contributed by atoms with Gasteiger partial charge in [-0.2, -0.15) is 4.31 Å². The summed E-state index contributed by atoms with van der Waals surface area (Å²) in [6.45, 7) is 1.77. The molecule has 1 aromatic rings. The lowest BCUT2D eigenvalue weighted by molar-refractivity contribution is 0.430. The minimum Gasteiger partial charge on any atom is -0.229 e. The third kappa shape index (κ3) is 3.18. The molecule has 0 atom stereocenters. The first-order valence-electron chi connectivity index (χ1n) is 5.69. The van der Waals surface area contributed by atoms with Gasteiger partial charge in [-0.15, -0.1) is 0 Å². The van der Waals surface area contributed by atoms with Crippen molar-refractivity contribution in [1.29, 1.82) is 0 Å². The molecule has 0 radical (unpaired) electrons. The van der Waals surface area contributed by atoms with E-state index in [-0.39, 0.29) is 29.5 Å². The number of aryl methyl sites for hydroxylation is 1. The van der Waals surface area contributed by atoms with Gasteiger partial charge in [0.2, 0.25) is 10.0 Å². The van der Waals surface area contributed by atoms with Gasteiger partial charge in [-0.1, -0.05) is 22.0 Å². The summed E-state index contributed by atoms with van der Waals surface area (Å²) in [5.74, 6) is -0.224. The van der Waals surface area contributed by atoms with Crippen molar-refractivity contribution in [2.24, 2.45) is 0 Å². The summed E-state index contributed by atoms with van der Waals surface area (Å²) in [5.41, 5.74) is 0.650. The molecule has 1 aliphatic rings. The number of benzene rings is 1. The van der Waals surface area contributed by atoms with Crippen molar-refractivity contribution in [2.75, 3.05) is 24.6 Å². The molecule has 0 spiro atoms. The Hall–Kier alpha value is -0.440. The monoisotopic (exact) mass is 367 g/mol. The van der Waals surface area contributed by atoms with Gasteiger partial charge in [0, 0.05) is 17.6 Å². The molecule has 1 aliphatic heterocycles. The number of hydrogen-bond acceptors (Lipinski definition) is 4. The zero-order chi connectivity index (χ0) is 14.3. The summed E-state index contributed by atoms with van der Waals surface area (Å²) < 4.78 is 49.6. The number of sulfone groups is 1. The summed E-state index contributed by atoms with van der Waals surface area (Å²) in [6.07, 6.45) is 0. The maximum Gasteiger partial charge on any atom is 0.243 e. The van der Waals surface area contributed by atoms with Gasteiger partial charge in [-0.25, -0.2) is 16.8 Å². The smallest absolute Gasteiger partial charge is 0.229 e. The zero-order valence-electron chi connectivity index (χ0n) is 10.3. The second-order valence-electron chi connectivity index (χ2n) is 4.47. The predicted molar refractivity (Wildman–Crippen MR) is 76.3 cm³/mol. The van der Waals surface area contributed by atoms with Crippen molar-refractivity contribution in [1.82, 2.24) is 4.31 Å². The van der Waals surface area contributed by atoms with E-state index in [1.165, 1.54) is 4.31 Å². The lowest BCUT2D eigenvalue weighted by Gasteiger charge is -2.26. The minimum atomic E-state index is -3.63. The molecule has 0 N–H and O–H groups in total.